The van der Waals surface area contributed by atoms with Crippen LogP contribution in [0.4, 0.5) is 0 Å². The van der Waals surface area contributed by atoms with Gasteiger partial charge < -0.3 is 9.47 Å². The predicted molar refractivity (Wildman–Crippen MR) is 95.7 cm³/mol. The van der Waals surface area contributed by atoms with Gasteiger partial charge in [-0.25, -0.2) is 9.97 Å². The van der Waals surface area contributed by atoms with Gasteiger partial charge in [0.25, 0.3) is 0 Å². The second-order valence-corrected chi connectivity index (χ2v) is 8.02. The van der Waals surface area contributed by atoms with Crippen LogP contribution in [0.3, 0.4) is 0 Å². The first-order chi connectivity index (χ1) is 12.2. The van der Waals surface area contributed by atoms with Crippen molar-refractivity contribution in [3.05, 3.63) is 34.7 Å². The highest BCUT2D eigenvalue weighted by Crippen LogP contribution is 2.39. The second-order valence-electron chi connectivity index (χ2n) is 7.08. The molecule has 2 aromatic heterocycles. The zero-order chi connectivity index (χ0) is 17.1. The monoisotopic (exact) mass is 360 g/mol. The summed E-state index contributed by atoms with van der Waals surface area (Å²) in [6.45, 7) is 6.72. The molecular weight excluding hydrogens is 336 g/mol. The third kappa shape index (κ3) is 3.99. The van der Waals surface area contributed by atoms with Crippen molar-refractivity contribution in [1.82, 2.24) is 19.9 Å². The molecule has 0 aromatic carbocycles. The summed E-state index contributed by atoms with van der Waals surface area (Å²) in [5, 5.41) is 0. The van der Waals surface area contributed by atoms with Crippen LogP contribution in [-0.2, 0) is 11.3 Å². The van der Waals surface area contributed by atoms with Gasteiger partial charge in [0.05, 0.1) is 29.6 Å². The Labute approximate surface area is 152 Å². The van der Waals surface area contributed by atoms with Crippen LogP contribution in [0.5, 0.6) is 5.88 Å². The molecule has 2 aliphatic rings. The SMILES string of the molecule is Cc1ncsc1CN1CC2(C[C@@H](CCOc3cnccn3)CCO2)C1. The maximum atomic E-state index is 6.16. The number of thiazole rings is 1. The smallest absolute Gasteiger partial charge is 0.232 e. The number of aryl methyl sites for hydroxylation is 1. The molecule has 2 aliphatic heterocycles. The maximum Gasteiger partial charge on any atom is 0.232 e. The molecule has 7 heteroatoms. The molecular formula is C18H24N4O2S. The van der Waals surface area contributed by atoms with Gasteiger partial charge in [-0.2, -0.15) is 0 Å². The number of hydrogen-bond acceptors (Lipinski definition) is 7. The summed E-state index contributed by atoms with van der Waals surface area (Å²) in [6, 6.07) is 0. The molecule has 4 rings (SSSR count). The van der Waals surface area contributed by atoms with E-state index in [9.17, 15) is 0 Å². The van der Waals surface area contributed by atoms with Crippen LogP contribution < -0.4 is 4.74 Å². The Morgan fingerprint density at radius 1 is 1.36 bits per heavy atom. The van der Waals surface area contributed by atoms with E-state index in [1.165, 1.54) is 4.88 Å². The second kappa shape index (κ2) is 7.35. The summed E-state index contributed by atoms with van der Waals surface area (Å²) < 4.78 is 11.9. The van der Waals surface area contributed by atoms with Crippen molar-refractivity contribution in [2.24, 2.45) is 5.92 Å². The number of aromatic nitrogens is 3. The van der Waals surface area contributed by atoms with E-state index in [2.05, 4.69) is 26.8 Å². The molecule has 0 aliphatic carbocycles. The van der Waals surface area contributed by atoms with E-state index < -0.39 is 0 Å². The fourth-order valence-electron chi connectivity index (χ4n) is 3.85. The molecule has 0 bridgehead atoms. The summed E-state index contributed by atoms with van der Waals surface area (Å²) in [7, 11) is 0. The quantitative estimate of drug-likeness (QED) is 0.789. The van der Waals surface area contributed by atoms with E-state index in [-0.39, 0.29) is 5.60 Å². The highest BCUT2D eigenvalue weighted by molar-refractivity contribution is 7.09. The van der Waals surface area contributed by atoms with Crippen LogP contribution in [0.15, 0.2) is 24.1 Å². The maximum absolute atomic E-state index is 6.16. The van der Waals surface area contributed by atoms with Crippen molar-refractivity contribution in [3.8, 4) is 5.88 Å². The van der Waals surface area contributed by atoms with Crippen molar-refractivity contribution < 1.29 is 9.47 Å². The van der Waals surface area contributed by atoms with E-state index in [4.69, 9.17) is 9.47 Å². The highest BCUT2D eigenvalue weighted by atomic mass is 32.1. The first kappa shape index (κ1) is 16.9. The van der Waals surface area contributed by atoms with Gasteiger partial charge >= 0.3 is 0 Å². The molecule has 0 radical (unpaired) electrons. The molecule has 25 heavy (non-hydrogen) atoms. The first-order valence-corrected chi connectivity index (χ1v) is 9.74. The third-order valence-electron chi connectivity index (χ3n) is 5.15. The molecule has 2 fully saturated rings. The van der Waals surface area contributed by atoms with E-state index in [0.29, 0.717) is 18.4 Å². The fourth-order valence-corrected chi connectivity index (χ4v) is 4.67. The Hall–Kier alpha value is -1.57. The van der Waals surface area contributed by atoms with Gasteiger partial charge in [0, 0.05) is 43.5 Å². The van der Waals surface area contributed by atoms with Crippen molar-refractivity contribution in [2.75, 3.05) is 26.3 Å². The number of hydrogen-bond donors (Lipinski definition) is 0. The molecule has 0 amide bonds. The minimum atomic E-state index is 0.0636. The fraction of sp³-hybridized carbons (Fsp3) is 0.611. The molecule has 2 aromatic rings. The van der Waals surface area contributed by atoms with E-state index >= 15 is 0 Å². The average Bonchev–Trinajstić information content (AvgIpc) is 3.00. The van der Waals surface area contributed by atoms with Gasteiger partial charge in [-0.3, -0.25) is 9.88 Å². The Kier molecular flexibility index (Phi) is 4.96. The topological polar surface area (TPSA) is 60.4 Å². The van der Waals surface area contributed by atoms with Gasteiger partial charge in [-0.1, -0.05) is 0 Å². The normalized spacial score (nSPS) is 22.7. The molecule has 1 atom stereocenters. The lowest BCUT2D eigenvalue weighted by atomic mass is 9.79. The molecule has 6 nitrogen and oxygen atoms in total. The van der Waals surface area contributed by atoms with Gasteiger partial charge in [-0.15, -0.1) is 11.3 Å². The summed E-state index contributed by atoms with van der Waals surface area (Å²) in [5.74, 6) is 1.27. The van der Waals surface area contributed by atoms with Crippen molar-refractivity contribution in [3.63, 3.8) is 0 Å². The van der Waals surface area contributed by atoms with Gasteiger partial charge in [0.1, 0.15) is 0 Å². The largest absolute Gasteiger partial charge is 0.477 e. The molecule has 134 valence electrons. The highest BCUT2D eigenvalue weighted by Gasteiger charge is 2.47. The lowest BCUT2D eigenvalue weighted by Crippen LogP contribution is -2.64. The number of ether oxygens (including phenoxy) is 2. The zero-order valence-electron chi connectivity index (χ0n) is 14.6. The Morgan fingerprint density at radius 2 is 2.28 bits per heavy atom. The summed E-state index contributed by atoms with van der Waals surface area (Å²) in [5.41, 5.74) is 3.16. The van der Waals surface area contributed by atoms with Crippen LogP contribution in [0.25, 0.3) is 0 Å². The summed E-state index contributed by atoms with van der Waals surface area (Å²) in [6.07, 6.45) is 8.29. The molecule has 0 unspecified atom stereocenters. The molecule has 0 saturated carbocycles. The lowest BCUT2D eigenvalue weighted by molar-refractivity contribution is -0.181. The van der Waals surface area contributed by atoms with Gasteiger partial charge in [0.2, 0.25) is 5.88 Å². The summed E-state index contributed by atoms with van der Waals surface area (Å²) >= 11 is 1.75. The average molecular weight is 360 g/mol. The van der Waals surface area contributed by atoms with Crippen LogP contribution in [0, 0.1) is 12.8 Å². The van der Waals surface area contributed by atoms with Crippen LogP contribution in [0.2, 0.25) is 0 Å². The minimum absolute atomic E-state index is 0.0636. The Bertz CT molecular complexity index is 687. The minimum Gasteiger partial charge on any atom is -0.477 e. The number of nitrogens with zero attached hydrogens (tertiary/aromatic N) is 4. The van der Waals surface area contributed by atoms with Gasteiger partial charge in [-0.05, 0) is 32.1 Å². The van der Waals surface area contributed by atoms with E-state index in [1.807, 2.05) is 5.51 Å². The number of likely N-dealkylation sites (tertiary alicyclic amines) is 1. The predicted octanol–water partition coefficient (Wildman–Crippen LogP) is 2.69. The van der Waals surface area contributed by atoms with Crippen molar-refractivity contribution >= 4 is 11.3 Å². The van der Waals surface area contributed by atoms with Gasteiger partial charge in [0.15, 0.2) is 0 Å². The van der Waals surface area contributed by atoms with Crippen LogP contribution in [0.1, 0.15) is 29.8 Å². The van der Waals surface area contributed by atoms with Crippen LogP contribution in [-0.4, -0.2) is 51.8 Å². The van der Waals surface area contributed by atoms with E-state index in [0.717, 1.165) is 51.2 Å². The molecule has 4 heterocycles. The number of rotatable bonds is 6. The zero-order valence-corrected chi connectivity index (χ0v) is 15.4. The van der Waals surface area contributed by atoms with Crippen molar-refractivity contribution in [1.29, 1.82) is 0 Å². The molecule has 2 saturated heterocycles. The standard InChI is InChI=1S/C18H24N4O2S/c1-14-16(25-13-21-14)10-22-11-18(12-22)8-15(3-7-24-18)2-6-23-17-9-19-4-5-20-17/h4-5,9,13,15H,2-3,6-8,10-12H2,1H3/t15-/m0/s1. The molecule has 1 spiro atoms. The lowest BCUT2D eigenvalue weighted by Gasteiger charge is -2.53. The Balaban J connectivity index is 1.23. The Morgan fingerprint density at radius 3 is 3.04 bits per heavy atom. The van der Waals surface area contributed by atoms with E-state index in [1.54, 1.807) is 29.9 Å². The van der Waals surface area contributed by atoms with Crippen LogP contribution >= 0.6 is 11.3 Å². The first-order valence-electron chi connectivity index (χ1n) is 8.87. The third-order valence-corrected chi connectivity index (χ3v) is 6.07. The molecule has 0 N–H and O–H groups in total. The summed E-state index contributed by atoms with van der Waals surface area (Å²) in [4.78, 5) is 16.4. The van der Waals surface area contributed by atoms with Crippen molar-refractivity contribution in [2.45, 2.75) is 38.3 Å².